The highest BCUT2D eigenvalue weighted by atomic mass is 19.1. The summed E-state index contributed by atoms with van der Waals surface area (Å²) in [4.78, 5) is 16.9. The molecule has 0 aliphatic carbocycles. The average molecular weight is 278 g/mol. The van der Waals surface area contributed by atoms with E-state index in [0.29, 0.717) is 30.3 Å². The molecule has 2 rings (SSSR count). The van der Waals surface area contributed by atoms with E-state index in [1.54, 1.807) is 18.2 Å². The molecule has 0 saturated carbocycles. The van der Waals surface area contributed by atoms with Crippen molar-refractivity contribution in [3.63, 3.8) is 0 Å². The van der Waals surface area contributed by atoms with Gasteiger partial charge in [0.25, 0.3) is 0 Å². The zero-order valence-corrected chi connectivity index (χ0v) is 11.3. The number of H-pyrrole nitrogens is 1. The molecule has 1 aromatic heterocycles. The maximum atomic E-state index is 13.7. The molecule has 106 valence electrons. The van der Waals surface area contributed by atoms with Crippen molar-refractivity contribution >= 4 is 0 Å². The molecule has 0 aliphatic rings. The highest BCUT2D eigenvalue weighted by Crippen LogP contribution is 2.32. The quantitative estimate of drug-likeness (QED) is 0.912. The molecule has 5 nitrogen and oxygen atoms in total. The second-order valence-corrected chi connectivity index (χ2v) is 3.94. The molecule has 6 heteroatoms. The first-order valence-electron chi connectivity index (χ1n) is 6.30. The third-order valence-corrected chi connectivity index (χ3v) is 2.60. The Labute approximate surface area is 115 Å². The Morgan fingerprint density at radius 2 is 1.90 bits per heavy atom. The molecular formula is C14H15FN2O3. The van der Waals surface area contributed by atoms with Gasteiger partial charge in [-0.15, -0.1) is 0 Å². The van der Waals surface area contributed by atoms with Crippen molar-refractivity contribution in [3.05, 3.63) is 40.7 Å². The molecule has 2 aromatic rings. The van der Waals surface area contributed by atoms with Gasteiger partial charge in [-0.1, -0.05) is 0 Å². The molecule has 0 radical (unpaired) electrons. The molecule has 20 heavy (non-hydrogen) atoms. The van der Waals surface area contributed by atoms with E-state index in [2.05, 4.69) is 9.97 Å². The molecule has 0 atom stereocenters. The molecule has 0 unspecified atom stereocenters. The van der Waals surface area contributed by atoms with Crippen molar-refractivity contribution in [2.24, 2.45) is 0 Å². The standard InChI is InChI=1S/C14H15FN2O3/c1-3-19-11-6-5-9(7-12(11)20-4-2)13-10(15)8-16-14(18)17-13/h5-8H,3-4H2,1-2H3,(H,16,17,18). The van der Waals surface area contributed by atoms with E-state index >= 15 is 0 Å². The Morgan fingerprint density at radius 1 is 1.20 bits per heavy atom. The third kappa shape index (κ3) is 2.96. The summed E-state index contributed by atoms with van der Waals surface area (Å²) in [7, 11) is 0. The predicted octanol–water partition coefficient (Wildman–Crippen LogP) is 2.37. The summed E-state index contributed by atoms with van der Waals surface area (Å²) in [5.41, 5.74) is -0.0313. The molecule has 0 aliphatic heterocycles. The molecule has 0 amide bonds. The van der Waals surface area contributed by atoms with Crippen LogP contribution in [-0.2, 0) is 0 Å². The van der Waals surface area contributed by atoms with Crippen molar-refractivity contribution in [1.82, 2.24) is 9.97 Å². The van der Waals surface area contributed by atoms with Crippen molar-refractivity contribution in [3.8, 4) is 22.8 Å². The maximum Gasteiger partial charge on any atom is 0.345 e. The lowest BCUT2D eigenvalue weighted by molar-refractivity contribution is 0.288. The summed E-state index contributed by atoms with van der Waals surface area (Å²) < 4.78 is 24.6. The fourth-order valence-corrected chi connectivity index (χ4v) is 1.80. The van der Waals surface area contributed by atoms with Gasteiger partial charge in [-0.2, -0.15) is 4.98 Å². The summed E-state index contributed by atoms with van der Waals surface area (Å²) in [6.45, 7) is 4.67. The minimum atomic E-state index is -0.603. The molecule has 1 N–H and O–H groups in total. The van der Waals surface area contributed by atoms with Gasteiger partial charge in [0.2, 0.25) is 0 Å². The Hall–Kier alpha value is -2.37. The Kier molecular flexibility index (Phi) is 4.34. The number of ether oxygens (including phenoxy) is 2. The van der Waals surface area contributed by atoms with Crippen LogP contribution in [0.25, 0.3) is 11.3 Å². The van der Waals surface area contributed by atoms with Crippen LogP contribution in [0.3, 0.4) is 0 Å². The highest BCUT2D eigenvalue weighted by Gasteiger charge is 2.11. The second-order valence-electron chi connectivity index (χ2n) is 3.94. The van der Waals surface area contributed by atoms with Crippen LogP contribution < -0.4 is 15.2 Å². The van der Waals surface area contributed by atoms with Gasteiger partial charge in [0.1, 0.15) is 0 Å². The van der Waals surface area contributed by atoms with Crippen molar-refractivity contribution in [2.45, 2.75) is 13.8 Å². The van der Waals surface area contributed by atoms with Gasteiger partial charge >= 0.3 is 5.69 Å². The van der Waals surface area contributed by atoms with Crippen molar-refractivity contribution in [2.75, 3.05) is 13.2 Å². The van der Waals surface area contributed by atoms with Crippen LogP contribution in [0.1, 0.15) is 13.8 Å². The number of nitrogens with one attached hydrogen (secondary N) is 1. The zero-order valence-electron chi connectivity index (χ0n) is 11.3. The van der Waals surface area contributed by atoms with E-state index < -0.39 is 11.5 Å². The molecule has 1 aromatic carbocycles. The molecule has 1 heterocycles. The van der Waals surface area contributed by atoms with Gasteiger partial charge in [0.15, 0.2) is 17.3 Å². The number of nitrogens with zero attached hydrogens (tertiary/aromatic N) is 1. The van der Waals surface area contributed by atoms with Gasteiger partial charge in [-0.25, -0.2) is 9.18 Å². The van der Waals surface area contributed by atoms with E-state index in [9.17, 15) is 9.18 Å². The Balaban J connectivity index is 2.49. The number of benzene rings is 1. The molecular weight excluding hydrogens is 263 g/mol. The maximum absolute atomic E-state index is 13.7. The summed E-state index contributed by atoms with van der Waals surface area (Å²) in [5.74, 6) is 0.482. The Bertz CT molecular complexity index is 655. The fraction of sp³-hybridized carbons (Fsp3) is 0.286. The predicted molar refractivity (Wildman–Crippen MR) is 72.6 cm³/mol. The van der Waals surface area contributed by atoms with E-state index in [0.717, 1.165) is 6.20 Å². The highest BCUT2D eigenvalue weighted by molar-refractivity contribution is 5.64. The number of hydrogen-bond acceptors (Lipinski definition) is 4. The molecule has 0 saturated heterocycles. The summed E-state index contributed by atoms with van der Waals surface area (Å²) in [5, 5.41) is 0. The van der Waals surface area contributed by atoms with Crippen LogP contribution in [0.2, 0.25) is 0 Å². The second kappa shape index (κ2) is 6.18. The van der Waals surface area contributed by atoms with Crippen LogP contribution in [0.4, 0.5) is 4.39 Å². The largest absolute Gasteiger partial charge is 0.490 e. The van der Waals surface area contributed by atoms with E-state index in [-0.39, 0.29) is 5.69 Å². The monoisotopic (exact) mass is 278 g/mol. The Morgan fingerprint density at radius 3 is 2.60 bits per heavy atom. The molecule has 0 bridgehead atoms. The van der Waals surface area contributed by atoms with E-state index in [1.807, 2.05) is 13.8 Å². The van der Waals surface area contributed by atoms with Crippen LogP contribution in [0.15, 0.2) is 29.2 Å². The topological polar surface area (TPSA) is 64.2 Å². The number of halogens is 1. The van der Waals surface area contributed by atoms with Crippen LogP contribution in [0, 0.1) is 5.82 Å². The normalized spacial score (nSPS) is 10.3. The lowest BCUT2D eigenvalue weighted by atomic mass is 10.1. The SMILES string of the molecule is CCOc1ccc(-c2[nH]c(=O)ncc2F)cc1OCC. The van der Waals surface area contributed by atoms with Gasteiger partial charge in [-0.05, 0) is 32.0 Å². The smallest absolute Gasteiger partial charge is 0.345 e. The first-order valence-corrected chi connectivity index (χ1v) is 6.30. The van der Waals surface area contributed by atoms with Crippen LogP contribution in [-0.4, -0.2) is 23.2 Å². The minimum absolute atomic E-state index is 0.0778. The van der Waals surface area contributed by atoms with E-state index in [4.69, 9.17) is 9.47 Å². The summed E-state index contributed by atoms with van der Waals surface area (Å²) in [6.07, 6.45) is 0.894. The molecule has 0 fully saturated rings. The minimum Gasteiger partial charge on any atom is -0.490 e. The van der Waals surface area contributed by atoms with E-state index in [1.165, 1.54) is 0 Å². The first-order chi connectivity index (χ1) is 9.65. The lowest BCUT2D eigenvalue weighted by Crippen LogP contribution is -2.11. The fourth-order valence-electron chi connectivity index (χ4n) is 1.80. The lowest BCUT2D eigenvalue weighted by Gasteiger charge is -2.12. The van der Waals surface area contributed by atoms with Crippen molar-refractivity contribution in [1.29, 1.82) is 0 Å². The number of hydrogen-bond donors (Lipinski definition) is 1. The number of aromatic amines is 1. The van der Waals surface area contributed by atoms with Crippen LogP contribution >= 0.6 is 0 Å². The summed E-state index contributed by atoms with van der Waals surface area (Å²) >= 11 is 0. The first kappa shape index (κ1) is 14.0. The third-order valence-electron chi connectivity index (χ3n) is 2.60. The van der Waals surface area contributed by atoms with Crippen molar-refractivity contribution < 1.29 is 13.9 Å². The number of rotatable bonds is 5. The van der Waals surface area contributed by atoms with Gasteiger partial charge in [0.05, 0.1) is 25.1 Å². The molecule has 0 spiro atoms. The van der Waals surface area contributed by atoms with Gasteiger partial charge < -0.3 is 14.5 Å². The zero-order chi connectivity index (χ0) is 14.5. The average Bonchev–Trinajstić information content (AvgIpc) is 2.44. The van der Waals surface area contributed by atoms with Crippen LogP contribution in [0.5, 0.6) is 11.5 Å². The number of aromatic nitrogens is 2. The van der Waals surface area contributed by atoms with Gasteiger partial charge in [0, 0.05) is 5.56 Å². The van der Waals surface area contributed by atoms with Gasteiger partial charge in [-0.3, -0.25) is 0 Å². The summed E-state index contributed by atoms with van der Waals surface area (Å²) in [6, 6.07) is 4.97.